The molecular weight excluding hydrogens is 382 g/mol. The average Bonchev–Trinajstić information content (AvgIpc) is 2.62. The number of hydrogen-bond donors (Lipinski definition) is 1. The predicted molar refractivity (Wildman–Crippen MR) is 104 cm³/mol. The molecule has 2 rings (SSSR count). The van der Waals surface area contributed by atoms with Crippen LogP contribution >= 0.6 is 15.9 Å². The molecule has 0 aliphatic carbocycles. The van der Waals surface area contributed by atoms with Gasteiger partial charge in [0.1, 0.15) is 12.4 Å². The number of aryl methyl sites for hydroxylation is 3. The maximum atomic E-state index is 11.6. The summed E-state index contributed by atoms with van der Waals surface area (Å²) in [4.78, 5) is 11.6. The number of benzene rings is 2. The standard InChI is InChI=1S/C20H24BrNO3/c1-5-14-8-7-9-18(22-20(23)24-4)16(14)12-25-19-10-13(3)15(6-2)11-17(19)21/h7-11H,5-6,12H2,1-4H3,(H,22,23). The molecular formula is C20H24BrNO3. The monoisotopic (exact) mass is 405 g/mol. The second-order valence-electron chi connectivity index (χ2n) is 5.76. The number of methoxy groups -OCH3 is 1. The highest BCUT2D eigenvalue weighted by Gasteiger charge is 2.13. The molecule has 0 radical (unpaired) electrons. The Morgan fingerprint density at radius 1 is 1.16 bits per heavy atom. The van der Waals surface area contributed by atoms with Crippen LogP contribution in [0.15, 0.2) is 34.8 Å². The highest BCUT2D eigenvalue weighted by molar-refractivity contribution is 9.10. The van der Waals surface area contributed by atoms with Crippen molar-refractivity contribution in [1.82, 2.24) is 0 Å². The van der Waals surface area contributed by atoms with Gasteiger partial charge in [0.25, 0.3) is 0 Å². The Kier molecular flexibility index (Phi) is 6.88. The number of carbonyl (C=O) groups is 1. The second kappa shape index (κ2) is 8.90. The summed E-state index contributed by atoms with van der Waals surface area (Å²) in [5.41, 5.74) is 5.30. The van der Waals surface area contributed by atoms with Crippen LogP contribution in [0.4, 0.5) is 10.5 Å². The summed E-state index contributed by atoms with van der Waals surface area (Å²) in [6, 6.07) is 9.97. The van der Waals surface area contributed by atoms with Crippen LogP contribution in [0, 0.1) is 6.92 Å². The lowest BCUT2D eigenvalue weighted by Crippen LogP contribution is -2.14. The van der Waals surface area contributed by atoms with E-state index in [0.29, 0.717) is 12.3 Å². The third-order valence-corrected chi connectivity index (χ3v) is 4.84. The molecule has 134 valence electrons. The van der Waals surface area contributed by atoms with Crippen LogP contribution in [0.3, 0.4) is 0 Å². The molecule has 0 unspecified atom stereocenters. The van der Waals surface area contributed by atoms with E-state index < -0.39 is 6.09 Å². The molecule has 0 aromatic heterocycles. The number of hydrogen-bond acceptors (Lipinski definition) is 3. The summed E-state index contributed by atoms with van der Waals surface area (Å²) >= 11 is 3.59. The first-order chi connectivity index (χ1) is 12.0. The Hall–Kier alpha value is -2.01. The third kappa shape index (κ3) is 4.75. The molecule has 2 aromatic carbocycles. The van der Waals surface area contributed by atoms with Crippen LogP contribution in [0.2, 0.25) is 0 Å². The largest absolute Gasteiger partial charge is 0.488 e. The van der Waals surface area contributed by atoms with Gasteiger partial charge >= 0.3 is 6.09 Å². The molecule has 5 heteroatoms. The summed E-state index contributed by atoms with van der Waals surface area (Å²) in [6.07, 6.45) is 1.35. The van der Waals surface area contributed by atoms with Crippen molar-refractivity contribution < 1.29 is 14.3 Å². The molecule has 1 amide bonds. The van der Waals surface area contributed by atoms with Gasteiger partial charge in [0, 0.05) is 5.56 Å². The van der Waals surface area contributed by atoms with Crippen LogP contribution in [0.25, 0.3) is 0 Å². The fraction of sp³-hybridized carbons (Fsp3) is 0.350. The number of amides is 1. The van der Waals surface area contributed by atoms with Crippen LogP contribution in [0.5, 0.6) is 5.75 Å². The number of rotatable bonds is 6. The summed E-state index contributed by atoms with van der Waals surface area (Å²) in [5.74, 6) is 0.796. The van der Waals surface area contributed by atoms with Crippen LogP contribution in [0.1, 0.15) is 36.1 Å². The maximum absolute atomic E-state index is 11.6. The topological polar surface area (TPSA) is 47.6 Å². The van der Waals surface area contributed by atoms with Gasteiger partial charge in [-0.2, -0.15) is 0 Å². The first-order valence-corrected chi connectivity index (χ1v) is 9.16. The number of halogens is 1. The number of nitrogens with one attached hydrogen (secondary N) is 1. The Balaban J connectivity index is 2.28. The third-order valence-electron chi connectivity index (χ3n) is 4.22. The van der Waals surface area contributed by atoms with Gasteiger partial charge in [-0.25, -0.2) is 4.79 Å². The molecule has 0 bridgehead atoms. The zero-order chi connectivity index (χ0) is 18.4. The quantitative estimate of drug-likeness (QED) is 0.676. The average molecular weight is 406 g/mol. The van der Waals surface area contributed by atoms with Crippen molar-refractivity contribution in [3.63, 3.8) is 0 Å². The van der Waals surface area contributed by atoms with Crippen molar-refractivity contribution in [2.24, 2.45) is 0 Å². The Bertz CT molecular complexity index is 759. The van der Waals surface area contributed by atoms with Gasteiger partial charge in [0.15, 0.2) is 0 Å². The van der Waals surface area contributed by atoms with E-state index in [1.54, 1.807) is 0 Å². The van der Waals surface area contributed by atoms with Crippen molar-refractivity contribution in [2.45, 2.75) is 40.2 Å². The fourth-order valence-electron chi connectivity index (χ4n) is 2.75. The first-order valence-electron chi connectivity index (χ1n) is 8.37. The molecule has 0 aliphatic rings. The molecule has 25 heavy (non-hydrogen) atoms. The van der Waals surface area contributed by atoms with Crippen LogP contribution < -0.4 is 10.1 Å². The maximum Gasteiger partial charge on any atom is 0.411 e. The van der Waals surface area contributed by atoms with Gasteiger partial charge in [0.2, 0.25) is 0 Å². The molecule has 4 nitrogen and oxygen atoms in total. The van der Waals surface area contributed by atoms with Crippen molar-refractivity contribution in [3.05, 3.63) is 57.1 Å². The van der Waals surface area contributed by atoms with Gasteiger partial charge in [-0.1, -0.05) is 26.0 Å². The van der Waals surface area contributed by atoms with Crippen LogP contribution in [-0.2, 0) is 24.2 Å². The Morgan fingerprint density at radius 2 is 1.88 bits per heavy atom. The van der Waals surface area contributed by atoms with E-state index >= 15 is 0 Å². The zero-order valence-corrected chi connectivity index (χ0v) is 16.7. The van der Waals surface area contributed by atoms with Crippen molar-refractivity contribution >= 4 is 27.7 Å². The Labute approximate surface area is 157 Å². The molecule has 0 heterocycles. The smallest absolute Gasteiger partial charge is 0.411 e. The van der Waals surface area contributed by atoms with E-state index in [9.17, 15) is 4.79 Å². The van der Waals surface area contributed by atoms with E-state index in [1.165, 1.54) is 18.2 Å². The van der Waals surface area contributed by atoms with Gasteiger partial charge in [-0.3, -0.25) is 5.32 Å². The van der Waals surface area contributed by atoms with Gasteiger partial charge in [-0.05, 0) is 70.6 Å². The second-order valence-corrected chi connectivity index (χ2v) is 6.62. The molecule has 0 saturated carbocycles. The molecule has 0 aliphatic heterocycles. The van der Waals surface area contributed by atoms with Crippen molar-refractivity contribution in [3.8, 4) is 5.75 Å². The number of ether oxygens (including phenoxy) is 2. The van der Waals surface area contributed by atoms with E-state index in [1.807, 2.05) is 24.3 Å². The van der Waals surface area contributed by atoms with E-state index in [4.69, 9.17) is 9.47 Å². The molecule has 1 N–H and O–H groups in total. The molecule has 0 fully saturated rings. The molecule has 0 saturated heterocycles. The lowest BCUT2D eigenvalue weighted by molar-refractivity contribution is 0.187. The molecule has 0 spiro atoms. The highest BCUT2D eigenvalue weighted by Crippen LogP contribution is 2.31. The van der Waals surface area contributed by atoms with Gasteiger partial charge in [-0.15, -0.1) is 0 Å². The highest BCUT2D eigenvalue weighted by atomic mass is 79.9. The molecule has 0 atom stereocenters. The van der Waals surface area contributed by atoms with Gasteiger partial charge in [0.05, 0.1) is 17.3 Å². The van der Waals surface area contributed by atoms with E-state index in [-0.39, 0.29) is 0 Å². The lowest BCUT2D eigenvalue weighted by atomic mass is 10.0. The molecule has 2 aromatic rings. The summed E-state index contributed by atoms with van der Waals surface area (Å²) in [7, 11) is 1.35. The zero-order valence-electron chi connectivity index (χ0n) is 15.1. The normalized spacial score (nSPS) is 10.4. The summed E-state index contributed by atoms with van der Waals surface area (Å²) in [6.45, 7) is 6.67. The SMILES string of the molecule is CCc1cc(Br)c(OCc2c(CC)cccc2NC(=O)OC)cc1C. The minimum absolute atomic E-state index is 0.368. The summed E-state index contributed by atoms with van der Waals surface area (Å²) in [5, 5.41) is 2.76. The minimum atomic E-state index is -0.487. The number of anilines is 1. The van der Waals surface area contributed by atoms with E-state index in [2.05, 4.69) is 48.1 Å². The minimum Gasteiger partial charge on any atom is -0.488 e. The van der Waals surface area contributed by atoms with E-state index in [0.717, 1.165) is 34.2 Å². The first kappa shape index (κ1) is 19.3. The fourth-order valence-corrected chi connectivity index (χ4v) is 3.26. The number of carbonyl (C=O) groups excluding carboxylic acids is 1. The lowest BCUT2D eigenvalue weighted by Gasteiger charge is -2.17. The predicted octanol–water partition coefficient (Wildman–Crippen LogP) is 5.64. The summed E-state index contributed by atoms with van der Waals surface area (Å²) < 4.78 is 11.7. The van der Waals surface area contributed by atoms with Gasteiger partial charge < -0.3 is 9.47 Å². The van der Waals surface area contributed by atoms with Crippen LogP contribution in [-0.4, -0.2) is 13.2 Å². The Morgan fingerprint density at radius 3 is 2.52 bits per heavy atom. The van der Waals surface area contributed by atoms with Crippen molar-refractivity contribution in [2.75, 3.05) is 12.4 Å². The van der Waals surface area contributed by atoms with Crippen molar-refractivity contribution in [1.29, 1.82) is 0 Å².